The van der Waals surface area contributed by atoms with Crippen LogP contribution in [0.4, 0.5) is 5.13 Å². The molecule has 1 aromatic rings. The highest BCUT2D eigenvalue weighted by atomic mass is 32.1. The topological polar surface area (TPSA) is 64.6 Å². The van der Waals surface area contributed by atoms with Crippen LogP contribution in [0.5, 0.6) is 0 Å². The van der Waals surface area contributed by atoms with Gasteiger partial charge in [-0.25, -0.2) is 9.98 Å². The second-order valence-electron chi connectivity index (χ2n) is 6.31. The first-order valence-corrected chi connectivity index (χ1v) is 8.58. The van der Waals surface area contributed by atoms with Crippen LogP contribution in [0.1, 0.15) is 33.4 Å². The van der Waals surface area contributed by atoms with Gasteiger partial charge in [0.25, 0.3) is 0 Å². The Labute approximate surface area is 138 Å². The number of hydrogen-bond acceptors (Lipinski definition) is 5. The lowest BCUT2D eigenvalue weighted by atomic mass is 10.1. The molecule has 0 aromatic carbocycles. The zero-order valence-corrected chi connectivity index (χ0v) is 15.5. The third kappa shape index (κ3) is 7.61. The first-order chi connectivity index (χ1) is 10.3. The number of rotatable bonds is 7. The Kier molecular flexibility index (Phi) is 7.61. The summed E-state index contributed by atoms with van der Waals surface area (Å²) in [6.45, 7) is 11.7. The molecule has 0 atom stereocenters. The lowest BCUT2D eigenvalue weighted by molar-refractivity contribution is 0.428. The number of guanidine groups is 1. The maximum atomic E-state index is 4.58. The van der Waals surface area contributed by atoms with Crippen molar-refractivity contribution in [2.45, 2.75) is 39.8 Å². The minimum Gasteiger partial charge on any atom is -0.357 e. The van der Waals surface area contributed by atoms with Gasteiger partial charge in [0.1, 0.15) is 0 Å². The van der Waals surface area contributed by atoms with E-state index in [1.54, 1.807) is 11.3 Å². The molecular formula is C15H30N6S. The summed E-state index contributed by atoms with van der Waals surface area (Å²) in [6.07, 6.45) is 0. The van der Waals surface area contributed by atoms with Crippen molar-refractivity contribution >= 4 is 22.4 Å². The highest BCUT2D eigenvalue weighted by molar-refractivity contribution is 7.13. The van der Waals surface area contributed by atoms with Crippen LogP contribution in [0.25, 0.3) is 0 Å². The Bertz CT molecular complexity index is 461. The number of aromatic nitrogens is 1. The maximum Gasteiger partial charge on any atom is 0.191 e. The van der Waals surface area contributed by atoms with E-state index in [4.69, 9.17) is 0 Å². The zero-order valence-electron chi connectivity index (χ0n) is 14.7. The number of hydrogen-bond donors (Lipinski definition) is 3. The normalized spacial score (nSPS) is 12.4. The van der Waals surface area contributed by atoms with Crippen LogP contribution in [0.3, 0.4) is 0 Å². The average molecular weight is 327 g/mol. The molecule has 3 N–H and O–H groups in total. The summed E-state index contributed by atoms with van der Waals surface area (Å²) in [4.78, 5) is 11.1. The summed E-state index contributed by atoms with van der Waals surface area (Å²) in [5.74, 6) is 0.831. The van der Waals surface area contributed by atoms with E-state index in [2.05, 4.69) is 59.0 Å². The molecule has 0 bridgehead atoms. The first kappa shape index (κ1) is 18.7. The summed E-state index contributed by atoms with van der Waals surface area (Å²) < 4.78 is 0. The van der Waals surface area contributed by atoms with Crippen molar-refractivity contribution < 1.29 is 0 Å². The van der Waals surface area contributed by atoms with Gasteiger partial charge in [0.05, 0.1) is 12.2 Å². The van der Waals surface area contributed by atoms with Gasteiger partial charge < -0.3 is 20.9 Å². The number of nitrogens with one attached hydrogen (secondary N) is 3. The van der Waals surface area contributed by atoms with Gasteiger partial charge >= 0.3 is 0 Å². The van der Waals surface area contributed by atoms with Crippen molar-refractivity contribution in [2.75, 3.05) is 38.6 Å². The summed E-state index contributed by atoms with van der Waals surface area (Å²) in [7, 11) is 4.00. The lowest BCUT2D eigenvalue weighted by Gasteiger charge is -2.21. The Hall–Kier alpha value is -1.34. The molecule has 0 aliphatic rings. The number of thiazole rings is 1. The van der Waals surface area contributed by atoms with E-state index >= 15 is 0 Å². The molecule has 22 heavy (non-hydrogen) atoms. The van der Waals surface area contributed by atoms with Crippen LogP contribution < -0.4 is 20.9 Å². The molecule has 0 amide bonds. The molecule has 1 aromatic heterocycles. The van der Waals surface area contributed by atoms with Crippen LogP contribution in [-0.2, 0) is 6.54 Å². The van der Waals surface area contributed by atoms with E-state index < -0.39 is 0 Å². The standard InChI is InChI=1S/C15H30N6S/c1-7-16-13(17-8-9-19-15(2,3)4)18-10-12-11-22-14(20-12)21(5)6/h11,19H,7-10H2,1-6H3,(H2,16,17,18). The Morgan fingerprint density at radius 2 is 2.00 bits per heavy atom. The van der Waals surface area contributed by atoms with Crippen molar-refractivity contribution in [3.05, 3.63) is 11.1 Å². The molecule has 0 aliphatic heterocycles. The fraction of sp³-hybridized carbons (Fsp3) is 0.733. The molecule has 6 nitrogen and oxygen atoms in total. The molecule has 0 fully saturated rings. The van der Waals surface area contributed by atoms with Crippen LogP contribution in [0.2, 0.25) is 0 Å². The maximum absolute atomic E-state index is 4.58. The molecule has 1 rings (SSSR count). The fourth-order valence-electron chi connectivity index (χ4n) is 1.69. The van der Waals surface area contributed by atoms with E-state index in [1.807, 2.05) is 19.0 Å². The van der Waals surface area contributed by atoms with Gasteiger partial charge in [-0.1, -0.05) is 0 Å². The van der Waals surface area contributed by atoms with Crippen LogP contribution in [0, 0.1) is 0 Å². The number of anilines is 1. The van der Waals surface area contributed by atoms with Crippen LogP contribution >= 0.6 is 11.3 Å². The highest BCUT2D eigenvalue weighted by Crippen LogP contribution is 2.18. The van der Waals surface area contributed by atoms with E-state index in [9.17, 15) is 0 Å². The Morgan fingerprint density at radius 1 is 1.27 bits per heavy atom. The molecule has 0 aliphatic carbocycles. The van der Waals surface area contributed by atoms with Gasteiger partial charge in [0.2, 0.25) is 0 Å². The summed E-state index contributed by atoms with van der Waals surface area (Å²) in [5, 5.41) is 13.1. The Morgan fingerprint density at radius 3 is 2.55 bits per heavy atom. The molecule has 0 unspecified atom stereocenters. The van der Waals surface area contributed by atoms with E-state index in [1.165, 1.54) is 0 Å². The number of nitrogens with zero attached hydrogens (tertiary/aromatic N) is 3. The second kappa shape index (κ2) is 8.95. The van der Waals surface area contributed by atoms with Crippen molar-refractivity contribution in [1.29, 1.82) is 0 Å². The van der Waals surface area contributed by atoms with Crippen LogP contribution in [0.15, 0.2) is 10.4 Å². The molecule has 126 valence electrons. The van der Waals surface area contributed by atoms with Gasteiger partial charge in [-0.2, -0.15) is 0 Å². The van der Waals surface area contributed by atoms with E-state index in [-0.39, 0.29) is 5.54 Å². The van der Waals surface area contributed by atoms with Gasteiger partial charge in [-0.3, -0.25) is 0 Å². The molecule has 0 saturated heterocycles. The predicted octanol–water partition coefficient (Wildman–Crippen LogP) is 1.65. The smallest absolute Gasteiger partial charge is 0.191 e. The van der Waals surface area contributed by atoms with Crippen molar-refractivity contribution in [2.24, 2.45) is 4.99 Å². The summed E-state index contributed by atoms with van der Waals surface area (Å²) >= 11 is 1.64. The van der Waals surface area contributed by atoms with Gasteiger partial charge in [0, 0.05) is 44.6 Å². The fourth-order valence-corrected chi connectivity index (χ4v) is 2.44. The van der Waals surface area contributed by atoms with Gasteiger partial charge in [0.15, 0.2) is 11.1 Å². The lowest BCUT2D eigenvalue weighted by Crippen LogP contribution is -2.44. The van der Waals surface area contributed by atoms with Crippen molar-refractivity contribution in [1.82, 2.24) is 20.9 Å². The minimum atomic E-state index is 0.139. The minimum absolute atomic E-state index is 0.139. The summed E-state index contributed by atoms with van der Waals surface area (Å²) in [5.41, 5.74) is 1.14. The van der Waals surface area contributed by atoms with Crippen molar-refractivity contribution in [3.63, 3.8) is 0 Å². The monoisotopic (exact) mass is 326 g/mol. The molecule has 0 saturated carbocycles. The molecule has 0 radical (unpaired) electrons. The summed E-state index contributed by atoms with van der Waals surface area (Å²) in [6, 6.07) is 0. The third-order valence-electron chi connectivity index (χ3n) is 2.74. The highest BCUT2D eigenvalue weighted by Gasteiger charge is 2.07. The van der Waals surface area contributed by atoms with Gasteiger partial charge in [-0.05, 0) is 27.7 Å². The molecule has 1 heterocycles. The van der Waals surface area contributed by atoms with Gasteiger partial charge in [-0.15, -0.1) is 11.3 Å². The zero-order chi connectivity index (χ0) is 16.6. The average Bonchev–Trinajstić information content (AvgIpc) is 2.88. The first-order valence-electron chi connectivity index (χ1n) is 7.70. The Balaban J connectivity index is 2.47. The molecule has 7 heteroatoms. The van der Waals surface area contributed by atoms with Crippen LogP contribution in [-0.4, -0.2) is 50.2 Å². The molecule has 0 spiro atoms. The van der Waals surface area contributed by atoms with Crippen molar-refractivity contribution in [3.8, 4) is 0 Å². The number of aliphatic imine (C=N–C) groups is 1. The molecular weight excluding hydrogens is 296 g/mol. The predicted molar refractivity (Wildman–Crippen MR) is 97.0 cm³/mol. The third-order valence-corrected chi connectivity index (χ3v) is 3.80. The SMILES string of the molecule is CCNC(=NCc1csc(N(C)C)n1)NCCNC(C)(C)C. The largest absolute Gasteiger partial charge is 0.357 e. The van der Waals surface area contributed by atoms with E-state index in [0.29, 0.717) is 6.54 Å². The van der Waals surface area contributed by atoms with E-state index in [0.717, 1.165) is 36.4 Å². The quantitative estimate of drug-likeness (QED) is 0.404. The second-order valence-corrected chi connectivity index (χ2v) is 7.15.